The van der Waals surface area contributed by atoms with Gasteiger partial charge >= 0.3 is 5.63 Å². The highest BCUT2D eigenvalue weighted by Crippen LogP contribution is 2.27. The van der Waals surface area contributed by atoms with Crippen LogP contribution in [0.2, 0.25) is 0 Å². The Hall–Kier alpha value is -3.18. The molecular weight excluding hydrogens is 367 g/mol. The first-order valence-electron chi connectivity index (χ1n) is 9.85. The first-order valence-corrected chi connectivity index (χ1v) is 9.85. The topological polar surface area (TPSA) is 36.7 Å². The molecule has 3 aromatic carbocycles. The molecule has 0 spiro atoms. The second-order valence-electron chi connectivity index (χ2n) is 7.49. The van der Waals surface area contributed by atoms with Gasteiger partial charge in [-0.2, -0.15) is 0 Å². The Morgan fingerprint density at radius 2 is 1.62 bits per heavy atom. The van der Waals surface area contributed by atoms with Crippen molar-refractivity contribution in [2.24, 2.45) is 0 Å². The molecule has 29 heavy (non-hydrogen) atoms. The van der Waals surface area contributed by atoms with Gasteiger partial charge < -0.3 is 9.32 Å². The molecule has 4 aromatic rings. The van der Waals surface area contributed by atoms with Crippen LogP contribution in [0.25, 0.3) is 21.7 Å². The van der Waals surface area contributed by atoms with E-state index in [0.29, 0.717) is 12.1 Å². The largest absolute Gasteiger partial charge is 0.422 e. The molecule has 5 heteroatoms. The first-order chi connectivity index (χ1) is 14.2. The molecule has 1 fully saturated rings. The first kappa shape index (κ1) is 17.9. The Bertz CT molecular complexity index is 1230. The highest BCUT2D eigenvalue weighted by atomic mass is 19.1. The lowest BCUT2D eigenvalue weighted by Gasteiger charge is -2.36. The van der Waals surface area contributed by atoms with Gasteiger partial charge in [0.1, 0.15) is 11.4 Å². The molecule has 146 valence electrons. The van der Waals surface area contributed by atoms with Crippen molar-refractivity contribution in [3.8, 4) is 0 Å². The number of hydrogen-bond donors (Lipinski definition) is 0. The van der Waals surface area contributed by atoms with Crippen LogP contribution in [0.4, 0.5) is 10.1 Å². The van der Waals surface area contributed by atoms with Gasteiger partial charge in [0.25, 0.3) is 0 Å². The highest BCUT2D eigenvalue weighted by Gasteiger charge is 2.19. The van der Waals surface area contributed by atoms with Gasteiger partial charge in [-0.15, -0.1) is 0 Å². The van der Waals surface area contributed by atoms with Crippen LogP contribution in [0.1, 0.15) is 5.56 Å². The fraction of sp³-hybridized carbons (Fsp3) is 0.208. The summed E-state index contributed by atoms with van der Waals surface area (Å²) < 4.78 is 18.7. The summed E-state index contributed by atoms with van der Waals surface area (Å²) in [4.78, 5) is 16.8. The summed E-state index contributed by atoms with van der Waals surface area (Å²) in [7, 11) is 0. The van der Waals surface area contributed by atoms with Gasteiger partial charge in [-0.1, -0.05) is 36.4 Å². The summed E-state index contributed by atoms with van der Waals surface area (Å²) in [5, 5.41) is 3.02. The Morgan fingerprint density at radius 3 is 2.41 bits per heavy atom. The van der Waals surface area contributed by atoms with Crippen LogP contribution in [0.5, 0.6) is 0 Å². The van der Waals surface area contributed by atoms with Crippen molar-refractivity contribution in [1.82, 2.24) is 4.90 Å². The van der Waals surface area contributed by atoms with Gasteiger partial charge in [-0.05, 0) is 35.2 Å². The van der Waals surface area contributed by atoms with E-state index >= 15 is 0 Å². The van der Waals surface area contributed by atoms with Crippen molar-refractivity contribution in [2.45, 2.75) is 6.54 Å². The molecule has 1 aromatic heterocycles. The predicted octanol–water partition coefficient (Wildman–Crippen LogP) is 4.41. The van der Waals surface area contributed by atoms with Gasteiger partial charge in [0.05, 0.1) is 0 Å². The SMILES string of the molecule is O=c1cc(CN2CCN(c3ccc(F)cc3)CC2)c2ccc3ccccc3c2o1. The molecule has 4 nitrogen and oxygen atoms in total. The van der Waals surface area contributed by atoms with E-state index in [9.17, 15) is 9.18 Å². The third-order valence-corrected chi connectivity index (χ3v) is 5.68. The Balaban J connectivity index is 1.39. The van der Waals surface area contributed by atoms with E-state index in [0.717, 1.165) is 53.6 Å². The second kappa shape index (κ2) is 7.33. The second-order valence-corrected chi connectivity index (χ2v) is 7.49. The van der Waals surface area contributed by atoms with Crippen molar-refractivity contribution in [1.29, 1.82) is 0 Å². The molecule has 1 aliphatic rings. The van der Waals surface area contributed by atoms with Crippen LogP contribution in [0, 0.1) is 5.82 Å². The fourth-order valence-electron chi connectivity index (χ4n) is 4.14. The Kier molecular flexibility index (Phi) is 4.52. The van der Waals surface area contributed by atoms with Gasteiger partial charge in [-0.25, -0.2) is 9.18 Å². The number of halogens is 1. The van der Waals surface area contributed by atoms with Crippen molar-refractivity contribution >= 4 is 27.4 Å². The molecular formula is C24H21FN2O2. The van der Waals surface area contributed by atoms with Crippen LogP contribution in [0.3, 0.4) is 0 Å². The van der Waals surface area contributed by atoms with Crippen LogP contribution in [-0.2, 0) is 6.54 Å². The zero-order valence-corrected chi connectivity index (χ0v) is 16.0. The minimum Gasteiger partial charge on any atom is -0.422 e. The van der Waals surface area contributed by atoms with Crippen LogP contribution in [0.15, 0.2) is 75.9 Å². The normalized spacial score (nSPS) is 15.3. The molecule has 0 aliphatic carbocycles. The number of anilines is 1. The maximum atomic E-state index is 13.2. The van der Waals surface area contributed by atoms with E-state index in [-0.39, 0.29) is 11.4 Å². The van der Waals surface area contributed by atoms with E-state index in [2.05, 4.69) is 15.9 Å². The van der Waals surface area contributed by atoms with E-state index in [1.54, 1.807) is 6.07 Å². The summed E-state index contributed by atoms with van der Waals surface area (Å²) in [5.41, 5.74) is 2.39. The number of piperazine rings is 1. The molecule has 0 N–H and O–H groups in total. The standard InChI is InChI=1S/C24H21FN2O2/c25-19-6-8-20(9-7-19)27-13-11-26(12-14-27)16-18-15-23(28)29-24-21-4-2-1-3-17(21)5-10-22(18)24/h1-10,15H,11-14,16H2. The van der Waals surface area contributed by atoms with Crippen LogP contribution < -0.4 is 10.5 Å². The van der Waals surface area contributed by atoms with Crippen molar-refractivity contribution in [3.05, 3.63) is 88.5 Å². The van der Waals surface area contributed by atoms with E-state index < -0.39 is 0 Å². The third kappa shape index (κ3) is 3.49. The smallest absolute Gasteiger partial charge is 0.336 e. The number of hydrogen-bond acceptors (Lipinski definition) is 4. The van der Waals surface area contributed by atoms with Crippen molar-refractivity contribution in [3.63, 3.8) is 0 Å². The van der Waals surface area contributed by atoms with Gasteiger partial charge in [-0.3, -0.25) is 4.90 Å². The average molecular weight is 388 g/mol. The summed E-state index contributed by atoms with van der Waals surface area (Å²) in [6, 6.07) is 20.4. The van der Waals surface area contributed by atoms with Crippen molar-refractivity contribution in [2.75, 3.05) is 31.1 Å². The summed E-state index contributed by atoms with van der Waals surface area (Å²) >= 11 is 0. The lowest BCUT2D eigenvalue weighted by Crippen LogP contribution is -2.46. The highest BCUT2D eigenvalue weighted by molar-refractivity contribution is 6.04. The van der Waals surface area contributed by atoms with E-state index in [1.807, 2.05) is 42.5 Å². The Labute approximate surface area is 167 Å². The maximum absolute atomic E-state index is 13.2. The number of fused-ring (bicyclic) bond motifs is 3. The lowest BCUT2D eigenvalue weighted by molar-refractivity contribution is 0.250. The predicted molar refractivity (Wildman–Crippen MR) is 114 cm³/mol. The minimum absolute atomic E-state index is 0.213. The molecule has 0 unspecified atom stereocenters. The average Bonchev–Trinajstić information content (AvgIpc) is 2.75. The number of rotatable bonds is 3. The van der Waals surface area contributed by atoms with Crippen molar-refractivity contribution < 1.29 is 8.81 Å². The summed E-state index contributed by atoms with van der Waals surface area (Å²) in [6.45, 7) is 4.21. The third-order valence-electron chi connectivity index (χ3n) is 5.68. The summed E-state index contributed by atoms with van der Waals surface area (Å²) in [6.07, 6.45) is 0. The van der Waals surface area contributed by atoms with E-state index in [1.165, 1.54) is 12.1 Å². The van der Waals surface area contributed by atoms with Gasteiger partial charge in [0.15, 0.2) is 0 Å². The fourth-order valence-corrected chi connectivity index (χ4v) is 4.14. The molecule has 1 aliphatic heterocycles. The molecule has 0 saturated carbocycles. The zero-order valence-electron chi connectivity index (χ0n) is 16.0. The van der Waals surface area contributed by atoms with Crippen LogP contribution in [-0.4, -0.2) is 31.1 Å². The van der Waals surface area contributed by atoms with E-state index in [4.69, 9.17) is 4.42 Å². The van der Waals surface area contributed by atoms with Gasteiger partial charge in [0, 0.05) is 55.2 Å². The quantitative estimate of drug-likeness (QED) is 0.385. The molecule has 0 amide bonds. The Morgan fingerprint density at radius 1 is 0.862 bits per heavy atom. The number of benzene rings is 3. The maximum Gasteiger partial charge on any atom is 0.336 e. The molecule has 0 atom stereocenters. The monoisotopic (exact) mass is 388 g/mol. The molecule has 0 bridgehead atoms. The van der Waals surface area contributed by atoms with Gasteiger partial charge in [0.2, 0.25) is 0 Å². The minimum atomic E-state index is -0.311. The zero-order chi connectivity index (χ0) is 19.8. The molecule has 1 saturated heterocycles. The van der Waals surface area contributed by atoms with Crippen LogP contribution >= 0.6 is 0 Å². The molecule has 5 rings (SSSR count). The molecule has 0 radical (unpaired) electrons. The lowest BCUT2D eigenvalue weighted by atomic mass is 10.0. The summed E-state index contributed by atoms with van der Waals surface area (Å²) in [5.74, 6) is -0.213. The number of nitrogens with zero attached hydrogens (tertiary/aromatic N) is 2. The molecule has 2 heterocycles.